The fourth-order valence-corrected chi connectivity index (χ4v) is 3.14. The zero-order valence-electron chi connectivity index (χ0n) is 11.1. The standard InChI is InChI=1S/C14H27NO2/c1-2-15(11-13-7-5-9-17-13)10-12-6-3-4-8-14(12)16/h12-14,16H,2-11H2,1H3. The summed E-state index contributed by atoms with van der Waals surface area (Å²) in [4.78, 5) is 2.47. The Morgan fingerprint density at radius 2 is 1.94 bits per heavy atom. The number of ether oxygens (including phenoxy) is 1. The number of hydrogen-bond donors (Lipinski definition) is 1. The second-order valence-corrected chi connectivity index (χ2v) is 5.60. The number of rotatable bonds is 5. The normalized spacial score (nSPS) is 34.4. The van der Waals surface area contributed by atoms with Gasteiger partial charge in [0.2, 0.25) is 0 Å². The van der Waals surface area contributed by atoms with Crippen molar-refractivity contribution in [3.8, 4) is 0 Å². The third-order valence-corrected chi connectivity index (χ3v) is 4.29. The quantitative estimate of drug-likeness (QED) is 0.799. The van der Waals surface area contributed by atoms with Gasteiger partial charge in [-0.05, 0) is 38.1 Å². The summed E-state index contributed by atoms with van der Waals surface area (Å²) in [6, 6.07) is 0. The summed E-state index contributed by atoms with van der Waals surface area (Å²) in [6.45, 7) is 6.33. The molecule has 0 aromatic rings. The van der Waals surface area contributed by atoms with Gasteiger partial charge in [-0.3, -0.25) is 0 Å². The fraction of sp³-hybridized carbons (Fsp3) is 1.00. The molecule has 2 fully saturated rings. The third-order valence-electron chi connectivity index (χ3n) is 4.29. The molecule has 1 saturated carbocycles. The smallest absolute Gasteiger partial charge is 0.0702 e. The van der Waals surface area contributed by atoms with Gasteiger partial charge in [-0.1, -0.05) is 19.8 Å². The maximum atomic E-state index is 10.0. The molecule has 1 aliphatic carbocycles. The van der Waals surface area contributed by atoms with Crippen molar-refractivity contribution in [1.29, 1.82) is 0 Å². The van der Waals surface area contributed by atoms with Crippen molar-refractivity contribution in [2.24, 2.45) is 5.92 Å². The first-order valence-electron chi connectivity index (χ1n) is 7.31. The van der Waals surface area contributed by atoms with Crippen LogP contribution in [-0.4, -0.2) is 48.5 Å². The van der Waals surface area contributed by atoms with E-state index in [0.717, 1.165) is 32.7 Å². The molecule has 1 aliphatic heterocycles. The Kier molecular flexibility index (Phi) is 5.26. The van der Waals surface area contributed by atoms with Crippen LogP contribution in [0.2, 0.25) is 0 Å². The van der Waals surface area contributed by atoms with Crippen molar-refractivity contribution in [2.75, 3.05) is 26.2 Å². The van der Waals surface area contributed by atoms with E-state index in [9.17, 15) is 5.11 Å². The zero-order valence-corrected chi connectivity index (χ0v) is 11.1. The molecule has 0 aromatic carbocycles. The number of hydrogen-bond acceptors (Lipinski definition) is 3. The van der Waals surface area contributed by atoms with Crippen LogP contribution in [-0.2, 0) is 4.74 Å². The molecule has 0 radical (unpaired) electrons. The summed E-state index contributed by atoms with van der Waals surface area (Å²) in [7, 11) is 0. The van der Waals surface area contributed by atoms with Crippen molar-refractivity contribution in [1.82, 2.24) is 4.90 Å². The highest BCUT2D eigenvalue weighted by Gasteiger charge is 2.26. The zero-order chi connectivity index (χ0) is 12.1. The lowest BCUT2D eigenvalue weighted by molar-refractivity contribution is 0.0274. The van der Waals surface area contributed by atoms with Crippen molar-refractivity contribution in [3.63, 3.8) is 0 Å². The van der Waals surface area contributed by atoms with Gasteiger partial charge in [0.05, 0.1) is 12.2 Å². The van der Waals surface area contributed by atoms with Crippen LogP contribution >= 0.6 is 0 Å². The SMILES string of the molecule is CCN(CC1CCCO1)CC1CCCCC1O. The van der Waals surface area contributed by atoms with E-state index < -0.39 is 0 Å². The van der Waals surface area contributed by atoms with E-state index in [4.69, 9.17) is 4.74 Å². The minimum absolute atomic E-state index is 0.0673. The summed E-state index contributed by atoms with van der Waals surface area (Å²) in [6.07, 6.45) is 7.50. The molecule has 17 heavy (non-hydrogen) atoms. The Hall–Kier alpha value is -0.120. The van der Waals surface area contributed by atoms with E-state index in [-0.39, 0.29) is 6.10 Å². The monoisotopic (exact) mass is 241 g/mol. The van der Waals surface area contributed by atoms with Crippen LogP contribution in [0, 0.1) is 5.92 Å². The lowest BCUT2D eigenvalue weighted by atomic mass is 9.86. The highest BCUT2D eigenvalue weighted by molar-refractivity contribution is 4.79. The van der Waals surface area contributed by atoms with Crippen LogP contribution in [0.3, 0.4) is 0 Å². The Morgan fingerprint density at radius 1 is 1.12 bits per heavy atom. The van der Waals surface area contributed by atoms with E-state index >= 15 is 0 Å². The number of likely N-dealkylation sites (N-methyl/N-ethyl adjacent to an activating group) is 1. The molecule has 3 heteroatoms. The molecule has 3 atom stereocenters. The topological polar surface area (TPSA) is 32.7 Å². The predicted octanol–water partition coefficient (Wildman–Crippen LogP) is 2.04. The molecule has 2 aliphatic rings. The molecule has 3 nitrogen and oxygen atoms in total. The summed E-state index contributed by atoms with van der Waals surface area (Å²) >= 11 is 0. The van der Waals surface area contributed by atoms with Gasteiger partial charge >= 0.3 is 0 Å². The highest BCUT2D eigenvalue weighted by atomic mass is 16.5. The summed E-state index contributed by atoms with van der Waals surface area (Å²) < 4.78 is 5.70. The van der Waals surface area contributed by atoms with Gasteiger partial charge < -0.3 is 14.7 Å². The largest absolute Gasteiger partial charge is 0.393 e. The maximum Gasteiger partial charge on any atom is 0.0702 e. The summed E-state index contributed by atoms with van der Waals surface area (Å²) in [5.74, 6) is 0.491. The molecule has 2 rings (SSSR count). The first-order chi connectivity index (χ1) is 8.29. The molecule has 0 aromatic heterocycles. The molecular weight excluding hydrogens is 214 g/mol. The van der Waals surface area contributed by atoms with Gasteiger partial charge in [-0.2, -0.15) is 0 Å². The second kappa shape index (κ2) is 6.72. The third kappa shape index (κ3) is 3.94. The van der Waals surface area contributed by atoms with Gasteiger partial charge in [0.1, 0.15) is 0 Å². The van der Waals surface area contributed by atoms with Gasteiger partial charge in [0.15, 0.2) is 0 Å². The molecule has 3 unspecified atom stereocenters. The van der Waals surface area contributed by atoms with E-state index in [1.165, 1.54) is 32.1 Å². The molecule has 1 heterocycles. The van der Waals surface area contributed by atoms with Gasteiger partial charge in [-0.25, -0.2) is 0 Å². The number of nitrogens with zero attached hydrogens (tertiary/aromatic N) is 1. The molecule has 0 spiro atoms. The minimum atomic E-state index is -0.0673. The maximum absolute atomic E-state index is 10.0. The molecular formula is C14H27NO2. The van der Waals surface area contributed by atoms with Crippen LogP contribution in [0.4, 0.5) is 0 Å². The molecule has 1 saturated heterocycles. The number of aliphatic hydroxyl groups is 1. The lowest BCUT2D eigenvalue weighted by Crippen LogP contribution is -2.40. The minimum Gasteiger partial charge on any atom is -0.393 e. The predicted molar refractivity (Wildman–Crippen MR) is 69.1 cm³/mol. The summed E-state index contributed by atoms with van der Waals surface area (Å²) in [5, 5.41) is 10.0. The average Bonchev–Trinajstić information content (AvgIpc) is 2.84. The van der Waals surface area contributed by atoms with Crippen LogP contribution in [0.15, 0.2) is 0 Å². The lowest BCUT2D eigenvalue weighted by Gasteiger charge is -2.33. The van der Waals surface area contributed by atoms with E-state index in [1.807, 2.05) is 0 Å². The molecule has 100 valence electrons. The van der Waals surface area contributed by atoms with Crippen LogP contribution in [0.5, 0.6) is 0 Å². The number of aliphatic hydroxyl groups excluding tert-OH is 1. The Bertz CT molecular complexity index is 216. The van der Waals surface area contributed by atoms with Gasteiger partial charge in [0.25, 0.3) is 0 Å². The first-order valence-corrected chi connectivity index (χ1v) is 7.31. The van der Waals surface area contributed by atoms with E-state index in [1.54, 1.807) is 0 Å². The van der Waals surface area contributed by atoms with Gasteiger partial charge in [-0.15, -0.1) is 0 Å². The van der Waals surface area contributed by atoms with Crippen LogP contribution in [0.25, 0.3) is 0 Å². The van der Waals surface area contributed by atoms with Crippen molar-refractivity contribution in [3.05, 3.63) is 0 Å². The average molecular weight is 241 g/mol. The summed E-state index contributed by atoms with van der Waals surface area (Å²) in [5.41, 5.74) is 0. The van der Waals surface area contributed by atoms with Gasteiger partial charge in [0, 0.05) is 19.7 Å². The van der Waals surface area contributed by atoms with E-state index in [2.05, 4.69) is 11.8 Å². The highest BCUT2D eigenvalue weighted by Crippen LogP contribution is 2.25. The second-order valence-electron chi connectivity index (χ2n) is 5.60. The first kappa shape index (κ1) is 13.3. The van der Waals surface area contributed by atoms with Crippen molar-refractivity contribution >= 4 is 0 Å². The fourth-order valence-electron chi connectivity index (χ4n) is 3.14. The Morgan fingerprint density at radius 3 is 2.59 bits per heavy atom. The molecule has 1 N–H and O–H groups in total. The van der Waals surface area contributed by atoms with Crippen LogP contribution < -0.4 is 0 Å². The molecule has 0 bridgehead atoms. The molecule has 0 amide bonds. The Labute approximate surface area is 105 Å². The van der Waals surface area contributed by atoms with Crippen molar-refractivity contribution in [2.45, 2.75) is 57.7 Å². The Balaban J connectivity index is 1.76. The van der Waals surface area contributed by atoms with Crippen LogP contribution in [0.1, 0.15) is 45.4 Å². The van der Waals surface area contributed by atoms with Crippen molar-refractivity contribution < 1.29 is 9.84 Å². The van der Waals surface area contributed by atoms with E-state index in [0.29, 0.717) is 12.0 Å².